The number of β-amino-alcohol motifs (C(OH)–C–C–N with tert-alkyl or cyclic N) is 1. The molecule has 0 aliphatic carbocycles. The Morgan fingerprint density at radius 3 is 2.67 bits per heavy atom. The minimum Gasteiger partial charge on any atom is -0.493 e. The number of ether oxygens (including phenoxy) is 2. The van der Waals surface area contributed by atoms with E-state index < -0.39 is 5.60 Å². The quantitative estimate of drug-likeness (QED) is 0.787. The maximum absolute atomic E-state index is 10.9. The van der Waals surface area contributed by atoms with Gasteiger partial charge in [0.25, 0.3) is 0 Å². The lowest BCUT2D eigenvalue weighted by molar-refractivity contribution is -0.0478. The van der Waals surface area contributed by atoms with Crippen molar-refractivity contribution in [1.82, 2.24) is 9.80 Å². The molecule has 0 amide bonds. The lowest BCUT2D eigenvalue weighted by Gasteiger charge is -2.40. The molecule has 5 heteroatoms. The Bertz CT molecular complexity index is 523. The molecule has 2 rings (SSSR count). The molecule has 1 unspecified atom stereocenters. The SMILES string of the molecule is CCN1CCCC(O)(CN(C)CCc2ccc(OC)c(OC)c2)C1. The fourth-order valence-corrected chi connectivity index (χ4v) is 3.54. The fourth-order valence-electron chi connectivity index (χ4n) is 3.54. The normalized spacial score (nSPS) is 21.9. The summed E-state index contributed by atoms with van der Waals surface area (Å²) in [5.74, 6) is 1.52. The maximum Gasteiger partial charge on any atom is 0.160 e. The van der Waals surface area contributed by atoms with Crippen LogP contribution in [0.4, 0.5) is 0 Å². The fraction of sp³-hybridized carbons (Fsp3) is 0.684. The average molecular weight is 336 g/mol. The molecule has 1 aliphatic rings. The molecule has 24 heavy (non-hydrogen) atoms. The Morgan fingerprint density at radius 2 is 2.00 bits per heavy atom. The van der Waals surface area contributed by atoms with Crippen molar-refractivity contribution >= 4 is 0 Å². The zero-order chi connectivity index (χ0) is 17.6. The van der Waals surface area contributed by atoms with Gasteiger partial charge in [0.05, 0.1) is 19.8 Å². The van der Waals surface area contributed by atoms with E-state index in [0.29, 0.717) is 0 Å². The first-order valence-corrected chi connectivity index (χ1v) is 8.84. The van der Waals surface area contributed by atoms with Crippen molar-refractivity contribution in [2.45, 2.75) is 31.8 Å². The third-order valence-corrected chi connectivity index (χ3v) is 4.88. The van der Waals surface area contributed by atoms with Crippen LogP contribution in [-0.4, -0.2) is 74.5 Å². The monoisotopic (exact) mass is 336 g/mol. The van der Waals surface area contributed by atoms with Gasteiger partial charge in [0.15, 0.2) is 11.5 Å². The van der Waals surface area contributed by atoms with E-state index in [1.165, 1.54) is 5.56 Å². The van der Waals surface area contributed by atoms with E-state index in [0.717, 1.165) is 63.5 Å². The summed E-state index contributed by atoms with van der Waals surface area (Å²) in [6, 6.07) is 6.05. The zero-order valence-electron chi connectivity index (χ0n) is 15.5. The van der Waals surface area contributed by atoms with E-state index in [2.05, 4.69) is 29.8 Å². The average Bonchev–Trinajstić information content (AvgIpc) is 2.59. The predicted octanol–water partition coefficient (Wildman–Crippen LogP) is 2.02. The molecule has 0 aromatic heterocycles. The van der Waals surface area contributed by atoms with Crippen LogP contribution >= 0.6 is 0 Å². The highest BCUT2D eigenvalue weighted by molar-refractivity contribution is 5.42. The first kappa shape index (κ1) is 19.0. The Morgan fingerprint density at radius 1 is 1.25 bits per heavy atom. The second kappa shape index (κ2) is 8.70. The molecular formula is C19H32N2O3. The van der Waals surface area contributed by atoms with E-state index in [4.69, 9.17) is 9.47 Å². The summed E-state index contributed by atoms with van der Waals surface area (Å²) in [4.78, 5) is 4.57. The third-order valence-electron chi connectivity index (χ3n) is 4.88. The molecule has 1 N–H and O–H groups in total. The van der Waals surface area contributed by atoms with Crippen molar-refractivity contribution in [3.63, 3.8) is 0 Å². The first-order valence-electron chi connectivity index (χ1n) is 8.84. The van der Waals surface area contributed by atoms with Crippen LogP contribution in [0, 0.1) is 0 Å². The highest BCUT2D eigenvalue weighted by Crippen LogP contribution is 2.28. The minimum absolute atomic E-state index is 0.583. The van der Waals surface area contributed by atoms with Crippen molar-refractivity contribution in [2.75, 3.05) is 54.0 Å². The number of methoxy groups -OCH3 is 2. The van der Waals surface area contributed by atoms with Crippen LogP contribution in [0.1, 0.15) is 25.3 Å². The van der Waals surface area contributed by atoms with Crippen molar-refractivity contribution < 1.29 is 14.6 Å². The molecule has 0 spiro atoms. The molecule has 136 valence electrons. The van der Waals surface area contributed by atoms with Gasteiger partial charge in [-0.05, 0) is 57.1 Å². The molecule has 0 radical (unpaired) electrons. The third kappa shape index (κ3) is 5.10. The summed E-state index contributed by atoms with van der Waals surface area (Å²) in [6.45, 7) is 6.68. The van der Waals surface area contributed by atoms with Crippen molar-refractivity contribution in [1.29, 1.82) is 0 Å². The predicted molar refractivity (Wildman–Crippen MR) is 97.0 cm³/mol. The second-order valence-corrected chi connectivity index (χ2v) is 6.87. The Hall–Kier alpha value is -1.30. The van der Waals surface area contributed by atoms with Gasteiger partial charge in [-0.25, -0.2) is 0 Å². The minimum atomic E-state index is -0.583. The number of likely N-dealkylation sites (N-methyl/N-ethyl adjacent to an activating group) is 2. The number of piperidine rings is 1. The largest absolute Gasteiger partial charge is 0.493 e. The molecule has 1 heterocycles. The number of hydrogen-bond acceptors (Lipinski definition) is 5. The van der Waals surface area contributed by atoms with Crippen LogP contribution in [-0.2, 0) is 6.42 Å². The molecule has 0 saturated carbocycles. The van der Waals surface area contributed by atoms with Gasteiger partial charge >= 0.3 is 0 Å². The van der Waals surface area contributed by atoms with E-state index >= 15 is 0 Å². The topological polar surface area (TPSA) is 45.2 Å². The number of hydrogen-bond donors (Lipinski definition) is 1. The van der Waals surface area contributed by atoms with E-state index in [1.54, 1.807) is 14.2 Å². The van der Waals surface area contributed by atoms with Crippen molar-refractivity contribution in [3.8, 4) is 11.5 Å². The zero-order valence-corrected chi connectivity index (χ0v) is 15.5. The van der Waals surface area contributed by atoms with Crippen LogP contribution < -0.4 is 9.47 Å². The molecule has 1 aromatic rings. The van der Waals surface area contributed by atoms with Crippen molar-refractivity contribution in [3.05, 3.63) is 23.8 Å². The Balaban J connectivity index is 1.87. The van der Waals surface area contributed by atoms with Crippen LogP contribution in [0.25, 0.3) is 0 Å². The highest BCUT2D eigenvalue weighted by Gasteiger charge is 2.33. The van der Waals surface area contributed by atoms with Crippen LogP contribution in [0.5, 0.6) is 11.5 Å². The van der Waals surface area contributed by atoms with Gasteiger partial charge in [-0.3, -0.25) is 0 Å². The number of rotatable bonds is 8. The Labute approximate surface area is 146 Å². The van der Waals surface area contributed by atoms with Crippen LogP contribution in [0.15, 0.2) is 18.2 Å². The number of aliphatic hydroxyl groups is 1. The molecule has 1 aromatic carbocycles. The summed E-state index contributed by atoms with van der Waals surface area (Å²) >= 11 is 0. The molecule has 1 aliphatic heterocycles. The molecule has 5 nitrogen and oxygen atoms in total. The summed E-state index contributed by atoms with van der Waals surface area (Å²) < 4.78 is 10.6. The molecule has 0 bridgehead atoms. The number of nitrogens with zero attached hydrogens (tertiary/aromatic N) is 2. The smallest absolute Gasteiger partial charge is 0.160 e. The van der Waals surface area contributed by atoms with Gasteiger partial charge in [0.1, 0.15) is 0 Å². The molecular weight excluding hydrogens is 304 g/mol. The standard InChI is InChI=1S/C19H32N2O3/c1-5-21-11-6-10-19(22,15-21)14-20(2)12-9-16-7-8-17(23-3)18(13-16)24-4/h7-8,13,22H,5-6,9-12,14-15H2,1-4H3. The maximum atomic E-state index is 10.9. The van der Waals surface area contributed by atoms with Gasteiger partial charge in [0, 0.05) is 19.6 Å². The van der Waals surface area contributed by atoms with E-state index in [-0.39, 0.29) is 0 Å². The lowest BCUT2D eigenvalue weighted by Crippen LogP contribution is -2.53. The van der Waals surface area contributed by atoms with Gasteiger partial charge in [-0.15, -0.1) is 0 Å². The Kier molecular flexibility index (Phi) is 6.90. The van der Waals surface area contributed by atoms with Gasteiger partial charge < -0.3 is 24.4 Å². The molecule has 1 atom stereocenters. The van der Waals surface area contributed by atoms with E-state index in [1.807, 2.05) is 12.1 Å². The number of benzene rings is 1. The number of likely N-dealkylation sites (tertiary alicyclic amines) is 1. The van der Waals surface area contributed by atoms with Crippen LogP contribution in [0.3, 0.4) is 0 Å². The molecule has 1 saturated heterocycles. The van der Waals surface area contributed by atoms with E-state index in [9.17, 15) is 5.11 Å². The lowest BCUT2D eigenvalue weighted by atomic mass is 9.92. The van der Waals surface area contributed by atoms with Crippen molar-refractivity contribution in [2.24, 2.45) is 0 Å². The van der Waals surface area contributed by atoms with Gasteiger partial charge in [-0.2, -0.15) is 0 Å². The summed E-state index contributed by atoms with van der Waals surface area (Å²) in [6.07, 6.45) is 2.89. The van der Waals surface area contributed by atoms with Gasteiger partial charge in [-0.1, -0.05) is 13.0 Å². The highest BCUT2D eigenvalue weighted by atomic mass is 16.5. The van der Waals surface area contributed by atoms with Gasteiger partial charge in [0.2, 0.25) is 0 Å². The second-order valence-electron chi connectivity index (χ2n) is 6.87. The molecule has 1 fully saturated rings. The summed E-state index contributed by atoms with van der Waals surface area (Å²) in [5.41, 5.74) is 0.631. The summed E-state index contributed by atoms with van der Waals surface area (Å²) in [7, 11) is 5.39. The first-order chi connectivity index (χ1) is 11.5. The summed E-state index contributed by atoms with van der Waals surface area (Å²) in [5, 5.41) is 10.9. The van der Waals surface area contributed by atoms with Crippen LogP contribution in [0.2, 0.25) is 0 Å².